The third-order valence-corrected chi connectivity index (χ3v) is 4.77. The first-order chi connectivity index (χ1) is 11.7. The monoisotopic (exact) mass is 332 g/mol. The Kier molecular flexibility index (Phi) is 5.23. The lowest BCUT2D eigenvalue weighted by Gasteiger charge is -2.36. The fraction of sp³-hybridized carbons (Fsp3) is 0.556. The van der Waals surface area contributed by atoms with E-state index >= 15 is 0 Å². The highest BCUT2D eigenvalue weighted by molar-refractivity contribution is 5.79. The molecule has 2 aliphatic rings. The van der Waals surface area contributed by atoms with Gasteiger partial charge in [-0.3, -0.25) is 9.59 Å². The first kappa shape index (κ1) is 16.6. The number of likely N-dealkylation sites (tertiary alicyclic amines) is 2. The van der Waals surface area contributed by atoms with Crippen LogP contribution in [-0.2, 0) is 9.59 Å². The van der Waals surface area contributed by atoms with E-state index in [1.165, 1.54) is 0 Å². The summed E-state index contributed by atoms with van der Waals surface area (Å²) in [5.41, 5.74) is 0. The first-order valence-corrected chi connectivity index (χ1v) is 8.51. The molecule has 0 unspecified atom stereocenters. The van der Waals surface area contributed by atoms with Crippen molar-refractivity contribution in [2.45, 2.75) is 31.7 Å². The van der Waals surface area contributed by atoms with Crippen LogP contribution in [0, 0.1) is 0 Å². The van der Waals surface area contributed by atoms with Crippen molar-refractivity contribution in [2.24, 2.45) is 0 Å². The second-order valence-corrected chi connectivity index (χ2v) is 6.27. The number of amides is 2. The highest BCUT2D eigenvalue weighted by Gasteiger charge is 2.31. The molecule has 3 rings (SSSR count). The standard InChI is InChI=1S/C18H24N2O4/c1-23-15-4-2-5-16(12-15)24-13-18(22)19-10-7-14(8-11-19)20-9-3-6-17(20)21/h2,4-5,12,14H,3,6-11,13H2,1H3. The Balaban J connectivity index is 1.45. The molecule has 2 aliphatic heterocycles. The molecule has 130 valence electrons. The van der Waals surface area contributed by atoms with Crippen LogP contribution in [-0.4, -0.2) is 61.0 Å². The maximum Gasteiger partial charge on any atom is 0.260 e. The van der Waals surface area contributed by atoms with Gasteiger partial charge in [0.05, 0.1) is 7.11 Å². The number of rotatable bonds is 5. The lowest BCUT2D eigenvalue weighted by Crippen LogP contribution is -2.48. The Morgan fingerprint density at radius 3 is 2.62 bits per heavy atom. The van der Waals surface area contributed by atoms with Gasteiger partial charge >= 0.3 is 0 Å². The number of hydrogen-bond donors (Lipinski definition) is 0. The predicted molar refractivity (Wildman–Crippen MR) is 89.0 cm³/mol. The van der Waals surface area contributed by atoms with E-state index in [1.807, 2.05) is 21.9 Å². The van der Waals surface area contributed by atoms with Gasteiger partial charge in [-0.15, -0.1) is 0 Å². The summed E-state index contributed by atoms with van der Waals surface area (Å²) in [5, 5.41) is 0. The molecular weight excluding hydrogens is 308 g/mol. The zero-order valence-electron chi connectivity index (χ0n) is 14.1. The van der Waals surface area contributed by atoms with Crippen molar-refractivity contribution in [3.63, 3.8) is 0 Å². The molecule has 2 fully saturated rings. The van der Waals surface area contributed by atoms with Crippen LogP contribution in [0.4, 0.5) is 0 Å². The van der Waals surface area contributed by atoms with Crippen molar-refractivity contribution in [1.29, 1.82) is 0 Å². The second-order valence-electron chi connectivity index (χ2n) is 6.27. The van der Waals surface area contributed by atoms with E-state index in [4.69, 9.17) is 9.47 Å². The maximum absolute atomic E-state index is 12.3. The number of ether oxygens (including phenoxy) is 2. The smallest absolute Gasteiger partial charge is 0.260 e. The van der Waals surface area contributed by atoms with Crippen molar-refractivity contribution in [2.75, 3.05) is 33.4 Å². The number of methoxy groups -OCH3 is 1. The van der Waals surface area contributed by atoms with Crippen LogP contribution < -0.4 is 9.47 Å². The van der Waals surface area contributed by atoms with E-state index in [-0.39, 0.29) is 18.4 Å². The van der Waals surface area contributed by atoms with Crippen LogP contribution in [0.1, 0.15) is 25.7 Å². The van der Waals surface area contributed by atoms with Gasteiger partial charge in [0.25, 0.3) is 5.91 Å². The van der Waals surface area contributed by atoms with Crippen molar-refractivity contribution in [3.8, 4) is 11.5 Å². The van der Waals surface area contributed by atoms with Crippen LogP contribution in [0.5, 0.6) is 11.5 Å². The summed E-state index contributed by atoms with van der Waals surface area (Å²) in [7, 11) is 1.60. The lowest BCUT2D eigenvalue weighted by atomic mass is 10.0. The Labute approximate surface area is 142 Å². The zero-order valence-corrected chi connectivity index (χ0v) is 14.1. The van der Waals surface area contributed by atoms with E-state index in [9.17, 15) is 9.59 Å². The van der Waals surface area contributed by atoms with Crippen molar-refractivity contribution in [3.05, 3.63) is 24.3 Å². The van der Waals surface area contributed by atoms with Gasteiger partial charge in [0.1, 0.15) is 11.5 Å². The SMILES string of the molecule is COc1cccc(OCC(=O)N2CCC(N3CCCC3=O)CC2)c1. The van der Waals surface area contributed by atoms with Crippen molar-refractivity contribution >= 4 is 11.8 Å². The van der Waals surface area contributed by atoms with Crippen LogP contribution in [0.15, 0.2) is 24.3 Å². The molecule has 1 aromatic carbocycles. The minimum Gasteiger partial charge on any atom is -0.497 e. The van der Waals surface area contributed by atoms with E-state index < -0.39 is 0 Å². The Morgan fingerprint density at radius 2 is 1.96 bits per heavy atom. The summed E-state index contributed by atoms with van der Waals surface area (Å²) in [6, 6.07) is 7.53. The molecule has 0 spiro atoms. The van der Waals surface area contributed by atoms with Gasteiger partial charge in [0.15, 0.2) is 6.61 Å². The van der Waals surface area contributed by atoms with Crippen LogP contribution in [0.3, 0.4) is 0 Å². The normalized spacial score (nSPS) is 18.8. The van der Waals surface area contributed by atoms with Crippen LogP contribution in [0.2, 0.25) is 0 Å². The molecule has 0 saturated carbocycles. The molecule has 0 aliphatic carbocycles. The Bertz CT molecular complexity index is 596. The molecular formula is C18H24N2O4. The molecule has 24 heavy (non-hydrogen) atoms. The topological polar surface area (TPSA) is 59.1 Å². The van der Waals surface area contributed by atoms with Crippen LogP contribution in [0.25, 0.3) is 0 Å². The summed E-state index contributed by atoms with van der Waals surface area (Å²) in [4.78, 5) is 27.9. The average Bonchev–Trinajstić information content (AvgIpc) is 3.06. The van der Waals surface area contributed by atoms with Crippen molar-refractivity contribution < 1.29 is 19.1 Å². The second kappa shape index (κ2) is 7.55. The van der Waals surface area contributed by atoms with Crippen LogP contribution >= 0.6 is 0 Å². The van der Waals surface area contributed by atoms with Gasteiger partial charge in [0.2, 0.25) is 5.91 Å². The average molecular weight is 332 g/mol. The first-order valence-electron chi connectivity index (χ1n) is 8.51. The third-order valence-electron chi connectivity index (χ3n) is 4.77. The molecule has 6 heteroatoms. The molecule has 0 bridgehead atoms. The predicted octanol–water partition coefficient (Wildman–Crippen LogP) is 1.69. The molecule has 0 N–H and O–H groups in total. The summed E-state index contributed by atoms with van der Waals surface area (Å²) >= 11 is 0. The van der Waals surface area contributed by atoms with Gasteiger partial charge in [-0.05, 0) is 31.4 Å². The zero-order chi connectivity index (χ0) is 16.9. The number of benzene rings is 1. The fourth-order valence-corrected chi connectivity index (χ4v) is 3.41. The number of piperidine rings is 1. The third kappa shape index (κ3) is 3.80. The van der Waals surface area contributed by atoms with Gasteiger partial charge in [0, 0.05) is 38.2 Å². The molecule has 1 aromatic rings. The van der Waals surface area contributed by atoms with Gasteiger partial charge in [-0.1, -0.05) is 6.07 Å². The fourth-order valence-electron chi connectivity index (χ4n) is 3.41. The number of carbonyl (C=O) groups excluding carboxylic acids is 2. The highest BCUT2D eigenvalue weighted by atomic mass is 16.5. The Morgan fingerprint density at radius 1 is 1.21 bits per heavy atom. The van der Waals surface area contributed by atoms with Gasteiger partial charge in [-0.2, -0.15) is 0 Å². The molecule has 2 saturated heterocycles. The molecule has 6 nitrogen and oxygen atoms in total. The molecule has 0 aromatic heterocycles. The maximum atomic E-state index is 12.3. The van der Waals surface area contributed by atoms with E-state index in [2.05, 4.69) is 0 Å². The van der Waals surface area contributed by atoms with E-state index in [0.717, 1.165) is 25.8 Å². The number of carbonyl (C=O) groups is 2. The summed E-state index contributed by atoms with van der Waals surface area (Å²) in [5.74, 6) is 1.58. The lowest BCUT2D eigenvalue weighted by molar-refractivity contribution is -0.136. The summed E-state index contributed by atoms with van der Waals surface area (Å²) in [6.45, 7) is 2.28. The molecule has 2 heterocycles. The van der Waals surface area contributed by atoms with E-state index in [0.29, 0.717) is 37.1 Å². The number of hydrogen-bond acceptors (Lipinski definition) is 4. The van der Waals surface area contributed by atoms with Gasteiger partial charge < -0.3 is 19.3 Å². The van der Waals surface area contributed by atoms with E-state index in [1.54, 1.807) is 19.2 Å². The molecule has 2 amide bonds. The summed E-state index contributed by atoms with van der Waals surface area (Å²) < 4.78 is 10.7. The quantitative estimate of drug-likeness (QED) is 0.823. The van der Waals surface area contributed by atoms with Crippen molar-refractivity contribution in [1.82, 2.24) is 9.80 Å². The highest BCUT2D eigenvalue weighted by Crippen LogP contribution is 2.23. The Hall–Kier alpha value is -2.24. The molecule has 0 atom stereocenters. The van der Waals surface area contributed by atoms with Gasteiger partial charge in [-0.25, -0.2) is 0 Å². The summed E-state index contributed by atoms with van der Waals surface area (Å²) in [6.07, 6.45) is 3.35. The minimum absolute atomic E-state index is 0.0102. The molecule has 0 radical (unpaired) electrons. The number of nitrogens with zero attached hydrogens (tertiary/aromatic N) is 2. The minimum atomic E-state index is -0.0102. The largest absolute Gasteiger partial charge is 0.497 e.